The lowest BCUT2D eigenvalue weighted by molar-refractivity contribution is -0.122. The van der Waals surface area contributed by atoms with Crippen LogP contribution in [0.25, 0.3) is 0 Å². The zero-order chi connectivity index (χ0) is 13.2. The van der Waals surface area contributed by atoms with E-state index in [0.29, 0.717) is 6.54 Å². The zero-order valence-corrected chi connectivity index (χ0v) is 11.3. The second kappa shape index (κ2) is 5.17. The molecule has 102 valence electrons. The SMILES string of the molecule is CNC(=O)C1CNCCN1c1ccc2c(n1)CCC2. The van der Waals surface area contributed by atoms with Gasteiger partial charge in [-0.25, -0.2) is 4.98 Å². The smallest absolute Gasteiger partial charge is 0.243 e. The van der Waals surface area contributed by atoms with E-state index in [4.69, 9.17) is 4.98 Å². The van der Waals surface area contributed by atoms with Crippen molar-refractivity contribution in [2.24, 2.45) is 0 Å². The molecule has 1 amide bonds. The van der Waals surface area contributed by atoms with Crippen molar-refractivity contribution in [3.63, 3.8) is 0 Å². The number of pyridine rings is 1. The van der Waals surface area contributed by atoms with Gasteiger partial charge in [-0.15, -0.1) is 0 Å². The van der Waals surface area contributed by atoms with E-state index in [2.05, 4.69) is 27.7 Å². The van der Waals surface area contributed by atoms with Crippen molar-refractivity contribution in [3.05, 3.63) is 23.4 Å². The average molecular weight is 260 g/mol. The minimum absolute atomic E-state index is 0.0505. The maximum Gasteiger partial charge on any atom is 0.243 e. The number of piperazine rings is 1. The molecule has 1 atom stereocenters. The fraction of sp³-hybridized carbons (Fsp3) is 0.571. The van der Waals surface area contributed by atoms with E-state index >= 15 is 0 Å². The molecule has 0 bridgehead atoms. The van der Waals surface area contributed by atoms with E-state index in [1.54, 1.807) is 7.05 Å². The van der Waals surface area contributed by atoms with Gasteiger partial charge in [-0.2, -0.15) is 0 Å². The first-order valence-electron chi connectivity index (χ1n) is 6.97. The van der Waals surface area contributed by atoms with Gasteiger partial charge < -0.3 is 15.5 Å². The lowest BCUT2D eigenvalue weighted by atomic mass is 10.1. The molecule has 0 radical (unpaired) electrons. The largest absolute Gasteiger partial charge is 0.357 e. The van der Waals surface area contributed by atoms with Crippen LogP contribution in [0, 0.1) is 0 Å². The fourth-order valence-electron chi connectivity index (χ4n) is 2.95. The van der Waals surface area contributed by atoms with Gasteiger partial charge in [0.2, 0.25) is 5.91 Å². The Bertz CT molecular complexity index is 488. The number of anilines is 1. The molecule has 1 unspecified atom stereocenters. The first kappa shape index (κ1) is 12.4. The summed E-state index contributed by atoms with van der Waals surface area (Å²) in [4.78, 5) is 18.8. The third-order valence-electron chi connectivity index (χ3n) is 4.00. The molecule has 0 aromatic carbocycles. The van der Waals surface area contributed by atoms with Crippen LogP contribution in [0.2, 0.25) is 0 Å². The van der Waals surface area contributed by atoms with Crippen molar-refractivity contribution in [2.45, 2.75) is 25.3 Å². The number of fused-ring (bicyclic) bond motifs is 1. The summed E-state index contributed by atoms with van der Waals surface area (Å²) in [6, 6.07) is 4.07. The van der Waals surface area contributed by atoms with Crippen molar-refractivity contribution in [3.8, 4) is 0 Å². The van der Waals surface area contributed by atoms with Crippen molar-refractivity contribution < 1.29 is 4.79 Å². The number of nitrogens with one attached hydrogen (secondary N) is 2. The number of hydrogen-bond acceptors (Lipinski definition) is 4. The van der Waals surface area contributed by atoms with Crippen LogP contribution in [-0.4, -0.2) is 43.6 Å². The molecular weight excluding hydrogens is 240 g/mol. The first-order chi connectivity index (χ1) is 9.29. The molecule has 0 saturated carbocycles. The van der Waals surface area contributed by atoms with E-state index in [-0.39, 0.29) is 11.9 Å². The van der Waals surface area contributed by atoms with Gasteiger partial charge in [0.05, 0.1) is 0 Å². The molecule has 3 rings (SSSR count). The molecule has 1 saturated heterocycles. The molecule has 5 heteroatoms. The standard InChI is InChI=1S/C14H20N4O/c1-15-14(19)12-9-16-7-8-18(12)13-6-5-10-3-2-4-11(10)17-13/h5-6,12,16H,2-4,7-9H2,1H3,(H,15,19). The quantitative estimate of drug-likeness (QED) is 0.791. The number of likely N-dealkylation sites (N-methyl/N-ethyl adjacent to an activating group) is 1. The first-order valence-corrected chi connectivity index (χ1v) is 6.97. The lowest BCUT2D eigenvalue weighted by Gasteiger charge is -2.36. The van der Waals surface area contributed by atoms with E-state index in [0.717, 1.165) is 31.7 Å². The van der Waals surface area contributed by atoms with E-state index in [1.165, 1.54) is 17.7 Å². The van der Waals surface area contributed by atoms with Gasteiger partial charge >= 0.3 is 0 Å². The summed E-state index contributed by atoms with van der Waals surface area (Å²) in [6.45, 7) is 2.40. The molecule has 2 aliphatic rings. The summed E-state index contributed by atoms with van der Waals surface area (Å²) < 4.78 is 0. The van der Waals surface area contributed by atoms with Crippen molar-refractivity contribution >= 4 is 11.7 Å². The Balaban J connectivity index is 1.88. The van der Waals surface area contributed by atoms with Crippen LogP contribution < -0.4 is 15.5 Å². The number of rotatable bonds is 2. The van der Waals surface area contributed by atoms with Crippen LogP contribution in [0.3, 0.4) is 0 Å². The second-order valence-corrected chi connectivity index (χ2v) is 5.16. The van der Waals surface area contributed by atoms with Crippen molar-refractivity contribution in [1.82, 2.24) is 15.6 Å². The van der Waals surface area contributed by atoms with Crippen LogP contribution in [-0.2, 0) is 17.6 Å². The summed E-state index contributed by atoms with van der Waals surface area (Å²) in [7, 11) is 1.69. The highest BCUT2D eigenvalue weighted by Gasteiger charge is 2.29. The van der Waals surface area contributed by atoms with Crippen LogP contribution in [0.5, 0.6) is 0 Å². The van der Waals surface area contributed by atoms with Gasteiger partial charge in [0.1, 0.15) is 11.9 Å². The van der Waals surface area contributed by atoms with Crippen LogP contribution in [0.15, 0.2) is 12.1 Å². The van der Waals surface area contributed by atoms with E-state index in [1.807, 2.05) is 0 Å². The third-order valence-corrected chi connectivity index (χ3v) is 4.00. The highest BCUT2D eigenvalue weighted by Crippen LogP contribution is 2.24. The molecule has 1 aromatic rings. The predicted molar refractivity (Wildman–Crippen MR) is 74.3 cm³/mol. The topological polar surface area (TPSA) is 57.3 Å². The van der Waals surface area contributed by atoms with Crippen LogP contribution in [0.1, 0.15) is 17.7 Å². The molecule has 1 fully saturated rings. The van der Waals surface area contributed by atoms with Gasteiger partial charge in [-0.3, -0.25) is 4.79 Å². The number of amides is 1. The Hall–Kier alpha value is -1.62. The van der Waals surface area contributed by atoms with E-state index < -0.39 is 0 Å². The highest BCUT2D eigenvalue weighted by atomic mass is 16.2. The summed E-state index contributed by atoms with van der Waals surface area (Å²) in [5.74, 6) is 0.991. The summed E-state index contributed by atoms with van der Waals surface area (Å²) in [5, 5.41) is 6.01. The second-order valence-electron chi connectivity index (χ2n) is 5.16. The number of hydrogen-bond donors (Lipinski definition) is 2. The Labute approximate surface area is 113 Å². The molecule has 1 aliphatic heterocycles. The molecule has 2 N–H and O–H groups in total. The number of carbonyl (C=O) groups is 1. The molecule has 1 aromatic heterocycles. The minimum atomic E-state index is -0.161. The predicted octanol–water partition coefficient (Wildman–Crippen LogP) is 0.0945. The highest BCUT2D eigenvalue weighted by molar-refractivity contribution is 5.85. The molecule has 5 nitrogen and oxygen atoms in total. The molecule has 19 heavy (non-hydrogen) atoms. The van der Waals surface area contributed by atoms with Crippen molar-refractivity contribution in [1.29, 1.82) is 0 Å². The fourth-order valence-corrected chi connectivity index (χ4v) is 2.95. The summed E-state index contributed by atoms with van der Waals surface area (Å²) >= 11 is 0. The summed E-state index contributed by atoms with van der Waals surface area (Å²) in [6.07, 6.45) is 3.41. The molecule has 2 heterocycles. The lowest BCUT2D eigenvalue weighted by Crippen LogP contribution is -2.58. The summed E-state index contributed by atoms with van der Waals surface area (Å²) in [5.41, 5.74) is 2.59. The van der Waals surface area contributed by atoms with Gasteiger partial charge in [-0.05, 0) is 30.9 Å². The average Bonchev–Trinajstić information content (AvgIpc) is 2.93. The Morgan fingerprint density at radius 2 is 2.37 bits per heavy atom. The molecule has 1 aliphatic carbocycles. The van der Waals surface area contributed by atoms with Gasteiger partial charge in [0.25, 0.3) is 0 Å². The Morgan fingerprint density at radius 1 is 1.47 bits per heavy atom. The Morgan fingerprint density at radius 3 is 3.21 bits per heavy atom. The third kappa shape index (κ3) is 2.30. The maximum atomic E-state index is 12.0. The van der Waals surface area contributed by atoms with Crippen LogP contribution >= 0.6 is 0 Å². The molecule has 0 spiro atoms. The van der Waals surface area contributed by atoms with Crippen molar-refractivity contribution in [2.75, 3.05) is 31.6 Å². The number of aromatic nitrogens is 1. The number of carbonyl (C=O) groups excluding carboxylic acids is 1. The monoisotopic (exact) mass is 260 g/mol. The minimum Gasteiger partial charge on any atom is -0.357 e. The van der Waals surface area contributed by atoms with Crippen LogP contribution in [0.4, 0.5) is 5.82 Å². The molecular formula is C14H20N4O. The van der Waals surface area contributed by atoms with Gasteiger partial charge in [0.15, 0.2) is 0 Å². The van der Waals surface area contributed by atoms with Gasteiger partial charge in [-0.1, -0.05) is 6.07 Å². The maximum absolute atomic E-state index is 12.0. The number of nitrogens with zero attached hydrogens (tertiary/aromatic N) is 2. The number of aryl methyl sites for hydroxylation is 2. The Kier molecular flexibility index (Phi) is 3.38. The normalized spacial score (nSPS) is 22.2. The van der Waals surface area contributed by atoms with Gasteiger partial charge in [0, 0.05) is 32.4 Å². The zero-order valence-electron chi connectivity index (χ0n) is 11.3. The van der Waals surface area contributed by atoms with E-state index in [9.17, 15) is 4.79 Å².